The Balaban J connectivity index is 0.000000224. The molecule has 0 aliphatic rings. The number of halogens is 1. The van der Waals surface area contributed by atoms with Crippen LogP contribution in [-0.2, 0) is 13.0 Å². The van der Waals surface area contributed by atoms with E-state index in [1.807, 2.05) is 18.2 Å². The number of hydrogen-bond acceptors (Lipinski definition) is 3. The van der Waals surface area contributed by atoms with Gasteiger partial charge in [-0.2, -0.15) is 0 Å². The van der Waals surface area contributed by atoms with E-state index in [1.165, 1.54) is 22.3 Å². The van der Waals surface area contributed by atoms with Crippen LogP contribution in [0.3, 0.4) is 0 Å². The van der Waals surface area contributed by atoms with E-state index in [0.717, 1.165) is 16.6 Å². The van der Waals surface area contributed by atoms with Crippen LogP contribution in [0.1, 0.15) is 22.3 Å². The molecule has 0 bridgehead atoms. The third-order valence-corrected chi connectivity index (χ3v) is 3.79. The van der Waals surface area contributed by atoms with E-state index >= 15 is 0 Å². The molecule has 3 nitrogen and oxygen atoms in total. The number of hydrogen-bond donors (Lipinski definition) is 2. The molecule has 0 unspecified atom stereocenters. The van der Waals surface area contributed by atoms with Crippen molar-refractivity contribution in [2.24, 2.45) is 11.5 Å². The van der Waals surface area contributed by atoms with Crippen LogP contribution in [0.2, 0.25) is 0 Å². The maximum Gasteiger partial charge on any atom is 0.133 e. The van der Waals surface area contributed by atoms with E-state index in [-0.39, 0.29) is 0 Å². The van der Waals surface area contributed by atoms with Crippen molar-refractivity contribution in [1.29, 1.82) is 0 Å². The molecule has 2 rings (SSSR count). The van der Waals surface area contributed by atoms with E-state index in [0.29, 0.717) is 13.1 Å². The highest BCUT2D eigenvalue weighted by molar-refractivity contribution is 9.10. The Bertz CT molecular complexity index is 579. The maximum atomic E-state index is 5.49. The Morgan fingerprint density at radius 1 is 0.955 bits per heavy atom. The number of aryl methyl sites for hydroxylation is 2. The zero-order valence-electron chi connectivity index (χ0n) is 13.5. The first-order valence-corrected chi connectivity index (χ1v) is 8.09. The minimum absolute atomic E-state index is 0.641. The van der Waals surface area contributed by atoms with Crippen LogP contribution in [0, 0.1) is 13.8 Å². The molecule has 4 heteroatoms. The molecule has 2 aromatic carbocycles. The fourth-order valence-electron chi connectivity index (χ4n) is 2.22. The van der Waals surface area contributed by atoms with E-state index in [9.17, 15) is 0 Å². The van der Waals surface area contributed by atoms with Crippen LogP contribution in [0.25, 0.3) is 0 Å². The van der Waals surface area contributed by atoms with Gasteiger partial charge in [0.15, 0.2) is 0 Å². The van der Waals surface area contributed by atoms with Crippen LogP contribution in [0.15, 0.2) is 40.9 Å². The van der Waals surface area contributed by atoms with Gasteiger partial charge in [-0.05, 0) is 66.0 Å². The molecule has 0 atom stereocenters. The number of methoxy groups -OCH3 is 1. The van der Waals surface area contributed by atoms with Crippen molar-refractivity contribution >= 4 is 15.9 Å². The largest absolute Gasteiger partial charge is 0.496 e. The van der Waals surface area contributed by atoms with E-state index < -0.39 is 0 Å². The second kappa shape index (κ2) is 9.62. The summed E-state index contributed by atoms with van der Waals surface area (Å²) in [6.45, 7) is 5.50. The lowest BCUT2D eigenvalue weighted by atomic mass is 10.1. The summed E-state index contributed by atoms with van der Waals surface area (Å²) in [6, 6.07) is 12.4. The molecule has 4 N–H and O–H groups in total. The Morgan fingerprint density at radius 2 is 1.59 bits per heavy atom. The van der Waals surface area contributed by atoms with Gasteiger partial charge in [0.25, 0.3) is 0 Å². The van der Waals surface area contributed by atoms with Crippen LogP contribution < -0.4 is 16.2 Å². The summed E-state index contributed by atoms with van der Waals surface area (Å²) >= 11 is 3.41. The van der Waals surface area contributed by atoms with Crippen LogP contribution in [0.5, 0.6) is 5.75 Å². The van der Waals surface area contributed by atoms with Crippen LogP contribution >= 0.6 is 15.9 Å². The van der Waals surface area contributed by atoms with Gasteiger partial charge in [-0.1, -0.05) is 35.4 Å². The summed E-state index contributed by atoms with van der Waals surface area (Å²) in [5.74, 6) is 0.857. The molecule has 0 aliphatic heterocycles. The number of nitrogens with two attached hydrogens (primary N) is 2. The lowest BCUT2D eigenvalue weighted by Crippen LogP contribution is -2.02. The van der Waals surface area contributed by atoms with Gasteiger partial charge in [0.1, 0.15) is 5.75 Å². The minimum Gasteiger partial charge on any atom is -0.496 e. The highest BCUT2D eigenvalue weighted by Gasteiger charge is 1.99. The normalized spacial score (nSPS) is 9.91. The lowest BCUT2D eigenvalue weighted by Gasteiger charge is -2.04. The molecule has 22 heavy (non-hydrogen) atoms. The first-order chi connectivity index (χ1) is 10.5. The van der Waals surface area contributed by atoms with Crippen molar-refractivity contribution < 1.29 is 4.74 Å². The number of benzene rings is 2. The Kier molecular flexibility index (Phi) is 8.17. The molecular weight excluding hydrogens is 340 g/mol. The molecular formula is C18H25BrN2O. The number of ether oxygens (including phenoxy) is 1. The number of rotatable bonds is 4. The zero-order chi connectivity index (χ0) is 16.5. The van der Waals surface area contributed by atoms with Gasteiger partial charge < -0.3 is 16.2 Å². The average molecular weight is 365 g/mol. The summed E-state index contributed by atoms with van der Waals surface area (Å²) < 4.78 is 6.08. The molecule has 0 amide bonds. The minimum atomic E-state index is 0.641. The third kappa shape index (κ3) is 6.18. The van der Waals surface area contributed by atoms with Gasteiger partial charge in [-0.25, -0.2) is 0 Å². The van der Waals surface area contributed by atoms with Crippen molar-refractivity contribution in [3.8, 4) is 5.75 Å². The summed E-state index contributed by atoms with van der Waals surface area (Å²) in [5.41, 5.74) is 16.0. The molecule has 2 aromatic rings. The molecule has 0 saturated heterocycles. The fraction of sp³-hybridized carbons (Fsp3) is 0.333. The zero-order valence-corrected chi connectivity index (χ0v) is 15.1. The fourth-order valence-corrected chi connectivity index (χ4v) is 2.81. The molecule has 0 heterocycles. The van der Waals surface area contributed by atoms with Crippen LogP contribution in [-0.4, -0.2) is 13.7 Å². The van der Waals surface area contributed by atoms with Crippen LogP contribution in [0.4, 0.5) is 0 Å². The molecule has 0 fully saturated rings. The molecule has 120 valence electrons. The van der Waals surface area contributed by atoms with Crippen molar-refractivity contribution in [2.45, 2.75) is 26.8 Å². The third-order valence-electron chi connectivity index (χ3n) is 3.17. The van der Waals surface area contributed by atoms with Gasteiger partial charge in [0.2, 0.25) is 0 Å². The monoisotopic (exact) mass is 364 g/mol. The van der Waals surface area contributed by atoms with Gasteiger partial charge >= 0.3 is 0 Å². The quantitative estimate of drug-likeness (QED) is 0.868. The maximum absolute atomic E-state index is 5.49. The van der Waals surface area contributed by atoms with Gasteiger partial charge in [-0.3, -0.25) is 0 Å². The molecule has 0 spiro atoms. The Hall–Kier alpha value is -1.36. The van der Waals surface area contributed by atoms with Gasteiger partial charge in [0.05, 0.1) is 11.6 Å². The van der Waals surface area contributed by atoms with Crippen molar-refractivity contribution in [2.75, 3.05) is 13.7 Å². The first kappa shape index (κ1) is 18.7. The second-order valence-corrected chi connectivity index (χ2v) is 6.06. The van der Waals surface area contributed by atoms with Crippen molar-refractivity contribution in [3.63, 3.8) is 0 Å². The topological polar surface area (TPSA) is 61.3 Å². The summed E-state index contributed by atoms with van der Waals surface area (Å²) in [7, 11) is 1.66. The molecule has 0 aliphatic carbocycles. The van der Waals surface area contributed by atoms with E-state index in [1.54, 1.807) is 7.11 Å². The predicted molar refractivity (Wildman–Crippen MR) is 97.3 cm³/mol. The second-order valence-electron chi connectivity index (χ2n) is 5.21. The SMILES string of the molecule is COc1ccc(CCN)cc1Br.Cc1cc(C)cc(CN)c1. The first-order valence-electron chi connectivity index (χ1n) is 7.30. The Labute approximate surface area is 141 Å². The highest BCUT2D eigenvalue weighted by Crippen LogP contribution is 2.25. The summed E-state index contributed by atoms with van der Waals surface area (Å²) in [6.07, 6.45) is 0.905. The van der Waals surface area contributed by atoms with Crippen molar-refractivity contribution in [1.82, 2.24) is 0 Å². The summed E-state index contributed by atoms with van der Waals surface area (Å²) in [4.78, 5) is 0. The highest BCUT2D eigenvalue weighted by atomic mass is 79.9. The standard InChI is InChI=1S/C9H12BrNO.C9H13N/c1-12-9-3-2-7(4-5-11)6-8(9)10;1-7-3-8(2)5-9(4-7)6-10/h2-3,6H,4-5,11H2,1H3;3-5H,6,10H2,1-2H3. The van der Waals surface area contributed by atoms with Crippen molar-refractivity contribution in [3.05, 3.63) is 63.1 Å². The van der Waals surface area contributed by atoms with Gasteiger partial charge in [-0.15, -0.1) is 0 Å². The molecule has 0 saturated carbocycles. The van der Waals surface area contributed by atoms with E-state index in [2.05, 4.69) is 48.0 Å². The summed E-state index contributed by atoms with van der Waals surface area (Å²) in [5, 5.41) is 0. The average Bonchev–Trinajstić information content (AvgIpc) is 2.47. The molecule has 0 radical (unpaired) electrons. The lowest BCUT2D eigenvalue weighted by molar-refractivity contribution is 0.412. The molecule has 0 aromatic heterocycles. The Morgan fingerprint density at radius 3 is 2.05 bits per heavy atom. The van der Waals surface area contributed by atoms with Gasteiger partial charge in [0, 0.05) is 6.54 Å². The van der Waals surface area contributed by atoms with E-state index in [4.69, 9.17) is 16.2 Å². The smallest absolute Gasteiger partial charge is 0.133 e. The predicted octanol–water partition coefficient (Wildman–Crippen LogP) is 3.72.